The lowest BCUT2D eigenvalue weighted by Gasteiger charge is -2.24. The minimum Gasteiger partial charge on any atom is -0.467 e. The van der Waals surface area contributed by atoms with Crippen molar-refractivity contribution in [3.8, 4) is 0 Å². The average Bonchev–Trinajstić information content (AvgIpc) is 3.15. The van der Waals surface area contributed by atoms with Crippen LogP contribution in [0.25, 0.3) is 0 Å². The quantitative estimate of drug-likeness (QED) is 0.944. The van der Waals surface area contributed by atoms with E-state index in [1.807, 2.05) is 11.0 Å². The van der Waals surface area contributed by atoms with E-state index in [0.29, 0.717) is 17.7 Å². The van der Waals surface area contributed by atoms with Crippen LogP contribution in [0.5, 0.6) is 0 Å². The van der Waals surface area contributed by atoms with Crippen LogP contribution in [0.1, 0.15) is 34.5 Å². The van der Waals surface area contributed by atoms with Gasteiger partial charge in [0.1, 0.15) is 17.8 Å². The third-order valence-electron chi connectivity index (χ3n) is 4.10. The maximum atomic E-state index is 13.3. The van der Waals surface area contributed by atoms with Crippen molar-refractivity contribution in [1.29, 1.82) is 0 Å². The number of furan rings is 1. The van der Waals surface area contributed by atoms with Crippen LogP contribution in [0.2, 0.25) is 0 Å². The molecule has 1 unspecified atom stereocenters. The first-order valence-electron chi connectivity index (χ1n) is 7.50. The second kappa shape index (κ2) is 6.32. The van der Waals surface area contributed by atoms with E-state index in [1.54, 1.807) is 12.1 Å². The number of carbonyl (C=O) groups excluding carboxylic acids is 1. The third-order valence-corrected chi connectivity index (χ3v) is 4.10. The third kappa shape index (κ3) is 3.04. The van der Waals surface area contributed by atoms with Gasteiger partial charge in [-0.15, -0.1) is 0 Å². The van der Waals surface area contributed by atoms with Crippen LogP contribution in [0.3, 0.4) is 0 Å². The monoisotopic (exact) mass is 302 g/mol. The van der Waals surface area contributed by atoms with Gasteiger partial charge in [-0.1, -0.05) is 12.1 Å². The van der Waals surface area contributed by atoms with Crippen molar-refractivity contribution >= 4 is 5.91 Å². The normalized spacial score (nSPS) is 17.9. The van der Waals surface area contributed by atoms with Crippen LogP contribution < -0.4 is 5.73 Å². The standard InChI is InChI=1S/C17H19FN2O2/c18-14-4-1-3-12(7-14)8-15-5-2-6-20(15)17(21)13-9-16(10-19)22-11-13/h1,3-4,7,9,11,15H,2,5-6,8,10,19H2. The molecule has 1 fully saturated rings. The van der Waals surface area contributed by atoms with Gasteiger partial charge in [-0.2, -0.15) is 0 Å². The predicted octanol–water partition coefficient (Wildman–Crippen LogP) is 2.72. The first kappa shape index (κ1) is 14.8. The summed E-state index contributed by atoms with van der Waals surface area (Å²) in [7, 11) is 0. The fraction of sp³-hybridized carbons (Fsp3) is 0.353. The summed E-state index contributed by atoms with van der Waals surface area (Å²) in [6.45, 7) is 1.00. The molecule has 1 aromatic carbocycles. The SMILES string of the molecule is NCc1cc(C(=O)N2CCCC2Cc2cccc(F)c2)co1. The van der Waals surface area contributed by atoms with Crippen LogP contribution in [0.15, 0.2) is 41.0 Å². The average molecular weight is 302 g/mol. The summed E-state index contributed by atoms with van der Waals surface area (Å²) >= 11 is 0. The number of carbonyl (C=O) groups is 1. The van der Waals surface area contributed by atoms with Gasteiger partial charge in [0.25, 0.3) is 5.91 Å². The van der Waals surface area contributed by atoms with Gasteiger partial charge in [0.15, 0.2) is 0 Å². The van der Waals surface area contributed by atoms with E-state index < -0.39 is 0 Å². The molecular formula is C17H19FN2O2. The maximum Gasteiger partial charge on any atom is 0.257 e. The van der Waals surface area contributed by atoms with Gasteiger partial charge in [-0.3, -0.25) is 4.79 Å². The molecule has 1 amide bonds. The second-order valence-corrected chi connectivity index (χ2v) is 5.63. The zero-order chi connectivity index (χ0) is 15.5. The lowest BCUT2D eigenvalue weighted by molar-refractivity contribution is 0.0736. The molecule has 0 radical (unpaired) electrons. The summed E-state index contributed by atoms with van der Waals surface area (Å²) in [5.74, 6) is 0.322. The highest BCUT2D eigenvalue weighted by Gasteiger charge is 2.30. The van der Waals surface area contributed by atoms with Gasteiger partial charge < -0.3 is 15.1 Å². The van der Waals surface area contributed by atoms with Crippen molar-refractivity contribution < 1.29 is 13.6 Å². The molecule has 0 aliphatic carbocycles. The largest absolute Gasteiger partial charge is 0.467 e. The number of hydrogen-bond acceptors (Lipinski definition) is 3. The Morgan fingerprint density at radius 2 is 2.27 bits per heavy atom. The first-order valence-corrected chi connectivity index (χ1v) is 7.50. The van der Waals surface area contributed by atoms with Gasteiger partial charge >= 0.3 is 0 Å². The van der Waals surface area contributed by atoms with Crippen molar-refractivity contribution in [3.05, 3.63) is 59.3 Å². The number of rotatable bonds is 4. The molecule has 2 N–H and O–H groups in total. The molecule has 2 heterocycles. The highest BCUT2D eigenvalue weighted by molar-refractivity contribution is 5.94. The molecule has 116 valence electrons. The number of halogens is 1. The maximum absolute atomic E-state index is 13.3. The molecule has 1 aliphatic rings. The summed E-state index contributed by atoms with van der Waals surface area (Å²) in [6.07, 6.45) is 4.03. The van der Waals surface area contributed by atoms with Crippen LogP contribution >= 0.6 is 0 Å². The number of nitrogens with two attached hydrogens (primary N) is 1. The summed E-state index contributed by atoms with van der Waals surface area (Å²) in [5.41, 5.74) is 6.96. The minimum absolute atomic E-state index is 0.0395. The van der Waals surface area contributed by atoms with E-state index in [9.17, 15) is 9.18 Å². The summed E-state index contributed by atoms with van der Waals surface area (Å²) < 4.78 is 18.5. The number of amides is 1. The number of likely N-dealkylation sites (tertiary alicyclic amines) is 1. The fourth-order valence-electron chi connectivity index (χ4n) is 3.02. The molecule has 1 atom stereocenters. The molecule has 22 heavy (non-hydrogen) atoms. The molecule has 4 nitrogen and oxygen atoms in total. The fourth-order valence-corrected chi connectivity index (χ4v) is 3.02. The van der Waals surface area contributed by atoms with Crippen LogP contribution in [0.4, 0.5) is 4.39 Å². The molecular weight excluding hydrogens is 283 g/mol. The zero-order valence-corrected chi connectivity index (χ0v) is 12.3. The van der Waals surface area contributed by atoms with Gasteiger partial charge in [-0.25, -0.2) is 4.39 Å². The van der Waals surface area contributed by atoms with E-state index in [2.05, 4.69) is 0 Å². The Morgan fingerprint density at radius 1 is 1.41 bits per heavy atom. The number of nitrogens with zero attached hydrogens (tertiary/aromatic N) is 1. The Hall–Kier alpha value is -2.14. The van der Waals surface area contributed by atoms with Crippen LogP contribution in [-0.4, -0.2) is 23.4 Å². The van der Waals surface area contributed by atoms with Crippen molar-refractivity contribution in [3.63, 3.8) is 0 Å². The molecule has 5 heteroatoms. The Morgan fingerprint density at radius 3 is 3.00 bits per heavy atom. The van der Waals surface area contributed by atoms with E-state index in [4.69, 9.17) is 10.2 Å². The molecule has 3 rings (SSSR count). The van der Waals surface area contributed by atoms with Gasteiger partial charge in [0.05, 0.1) is 12.1 Å². The van der Waals surface area contributed by atoms with E-state index in [0.717, 1.165) is 24.9 Å². The molecule has 2 aromatic rings. The molecule has 0 bridgehead atoms. The molecule has 0 saturated carbocycles. The topological polar surface area (TPSA) is 59.5 Å². The van der Waals surface area contributed by atoms with Gasteiger partial charge in [0, 0.05) is 12.6 Å². The number of benzene rings is 1. The Kier molecular flexibility index (Phi) is 4.24. The number of hydrogen-bond donors (Lipinski definition) is 1. The zero-order valence-electron chi connectivity index (χ0n) is 12.3. The highest BCUT2D eigenvalue weighted by Crippen LogP contribution is 2.24. The smallest absolute Gasteiger partial charge is 0.257 e. The molecule has 1 saturated heterocycles. The van der Waals surface area contributed by atoms with E-state index >= 15 is 0 Å². The second-order valence-electron chi connectivity index (χ2n) is 5.63. The van der Waals surface area contributed by atoms with Crippen LogP contribution in [0, 0.1) is 5.82 Å². The van der Waals surface area contributed by atoms with Crippen molar-refractivity contribution in [2.75, 3.05) is 6.54 Å². The van der Waals surface area contributed by atoms with Gasteiger partial charge in [-0.05, 0) is 43.0 Å². The first-order chi connectivity index (χ1) is 10.7. The van der Waals surface area contributed by atoms with Crippen molar-refractivity contribution in [2.24, 2.45) is 5.73 Å². The Balaban J connectivity index is 1.73. The van der Waals surface area contributed by atoms with Gasteiger partial charge in [0.2, 0.25) is 0 Å². The summed E-state index contributed by atoms with van der Waals surface area (Å²) in [6, 6.07) is 8.36. The van der Waals surface area contributed by atoms with Crippen LogP contribution in [-0.2, 0) is 13.0 Å². The molecule has 1 aliphatic heterocycles. The molecule has 0 spiro atoms. The predicted molar refractivity (Wildman–Crippen MR) is 80.8 cm³/mol. The summed E-state index contributed by atoms with van der Waals surface area (Å²) in [5, 5.41) is 0. The van der Waals surface area contributed by atoms with E-state index in [1.165, 1.54) is 18.4 Å². The highest BCUT2D eigenvalue weighted by atomic mass is 19.1. The Labute approximate surface area is 128 Å². The lowest BCUT2D eigenvalue weighted by atomic mass is 10.0. The van der Waals surface area contributed by atoms with Crippen molar-refractivity contribution in [2.45, 2.75) is 31.8 Å². The summed E-state index contributed by atoms with van der Waals surface area (Å²) in [4.78, 5) is 14.5. The Bertz CT molecular complexity index is 668. The lowest BCUT2D eigenvalue weighted by Crippen LogP contribution is -2.36. The van der Waals surface area contributed by atoms with Crippen molar-refractivity contribution in [1.82, 2.24) is 4.90 Å². The minimum atomic E-state index is -0.240. The van der Waals surface area contributed by atoms with E-state index in [-0.39, 0.29) is 24.3 Å². The molecule has 1 aromatic heterocycles.